The Morgan fingerprint density at radius 2 is 1.86 bits per heavy atom. The minimum absolute atomic E-state index is 0.516. The van der Waals surface area contributed by atoms with E-state index in [0.29, 0.717) is 16.6 Å². The highest BCUT2D eigenvalue weighted by atomic mass is 35.5. The van der Waals surface area contributed by atoms with E-state index >= 15 is 0 Å². The van der Waals surface area contributed by atoms with E-state index in [9.17, 15) is 0 Å². The Hall–Kier alpha value is -1.81. The number of halogens is 2. The van der Waals surface area contributed by atoms with Gasteiger partial charge in [0.1, 0.15) is 5.82 Å². The van der Waals surface area contributed by atoms with Crippen LogP contribution in [0.15, 0.2) is 48.7 Å². The predicted octanol–water partition coefficient (Wildman–Crippen LogP) is 4.55. The molecule has 3 N–H and O–H groups in total. The molecule has 1 heterocycles. The van der Waals surface area contributed by atoms with Crippen molar-refractivity contribution in [2.75, 3.05) is 6.54 Å². The van der Waals surface area contributed by atoms with E-state index in [0.717, 1.165) is 29.1 Å². The van der Waals surface area contributed by atoms with E-state index in [1.54, 1.807) is 12.1 Å². The minimum Gasteiger partial charge on any atom is -0.338 e. The predicted molar refractivity (Wildman–Crippen MR) is 92.2 cm³/mol. The van der Waals surface area contributed by atoms with Crippen LogP contribution >= 0.6 is 23.2 Å². The number of benzene rings is 2. The lowest BCUT2D eigenvalue weighted by atomic mass is 10.1. The third-order valence-electron chi connectivity index (χ3n) is 3.44. The van der Waals surface area contributed by atoms with Crippen LogP contribution in [0.25, 0.3) is 22.6 Å². The van der Waals surface area contributed by atoms with Crippen molar-refractivity contribution in [3.05, 3.63) is 64.3 Å². The zero-order chi connectivity index (χ0) is 15.5. The first-order valence-corrected chi connectivity index (χ1v) is 7.73. The molecule has 0 bridgehead atoms. The van der Waals surface area contributed by atoms with Crippen LogP contribution in [0.5, 0.6) is 0 Å². The molecular formula is C17H15Cl2N3. The summed E-state index contributed by atoms with van der Waals surface area (Å²) in [6, 6.07) is 13.7. The molecule has 3 rings (SSSR count). The average molecular weight is 332 g/mol. The molecule has 0 aliphatic heterocycles. The summed E-state index contributed by atoms with van der Waals surface area (Å²) in [4.78, 5) is 7.74. The quantitative estimate of drug-likeness (QED) is 0.736. The van der Waals surface area contributed by atoms with Crippen LogP contribution in [-0.2, 0) is 6.42 Å². The molecule has 5 heteroatoms. The van der Waals surface area contributed by atoms with Crippen LogP contribution in [0.2, 0.25) is 10.0 Å². The van der Waals surface area contributed by atoms with Gasteiger partial charge in [-0.15, -0.1) is 0 Å². The fourth-order valence-corrected chi connectivity index (χ4v) is 2.62. The average Bonchev–Trinajstić information content (AvgIpc) is 3.01. The van der Waals surface area contributed by atoms with Crippen molar-refractivity contribution in [3.63, 3.8) is 0 Å². The molecule has 3 aromatic rings. The molecule has 0 fully saturated rings. The molecule has 22 heavy (non-hydrogen) atoms. The maximum atomic E-state index is 6.06. The van der Waals surface area contributed by atoms with Crippen LogP contribution in [0.1, 0.15) is 5.56 Å². The van der Waals surface area contributed by atoms with Crippen molar-refractivity contribution in [1.29, 1.82) is 0 Å². The summed E-state index contributed by atoms with van der Waals surface area (Å²) < 4.78 is 0. The fourth-order valence-electron chi connectivity index (χ4n) is 2.32. The Kier molecular flexibility index (Phi) is 4.48. The van der Waals surface area contributed by atoms with Gasteiger partial charge in [-0.2, -0.15) is 0 Å². The number of aromatic amines is 1. The summed E-state index contributed by atoms with van der Waals surface area (Å²) in [6.45, 7) is 0.640. The van der Waals surface area contributed by atoms with Crippen LogP contribution in [0, 0.1) is 0 Å². The van der Waals surface area contributed by atoms with E-state index in [1.165, 1.54) is 5.56 Å². The lowest BCUT2D eigenvalue weighted by Gasteiger charge is -2.03. The summed E-state index contributed by atoms with van der Waals surface area (Å²) in [6.07, 6.45) is 2.68. The topological polar surface area (TPSA) is 54.7 Å². The van der Waals surface area contributed by atoms with Crippen molar-refractivity contribution >= 4 is 23.2 Å². The molecular weight excluding hydrogens is 317 g/mol. The first kappa shape index (κ1) is 15.1. The number of nitrogens with one attached hydrogen (secondary N) is 1. The smallest absolute Gasteiger partial charge is 0.137 e. The molecule has 0 saturated carbocycles. The minimum atomic E-state index is 0.516. The molecule has 0 spiro atoms. The van der Waals surface area contributed by atoms with Gasteiger partial charge in [-0.3, -0.25) is 0 Å². The van der Waals surface area contributed by atoms with Crippen molar-refractivity contribution in [1.82, 2.24) is 9.97 Å². The van der Waals surface area contributed by atoms with Gasteiger partial charge in [0.2, 0.25) is 0 Å². The van der Waals surface area contributed by atoms with E-state index in [-0.39, 0.29) is 0 Å². The third kappa shape index (κ3) is 3.17. The molecule has 0 saturated heterocycles. The highest BCUT2D eigenvalue weighted by Crippen LogP contribution is 2.28. The number of aromatic nitrogens is 2. The van der Waals surface area contributed by atoms with Gasteiger partial charge >= 0.3 is 0 Å². The van der Waals surface area contributed by atoms with Crippen LogP contribution in [0.4, 0.5) is 0 Å². The largest absolute Gasteiger partial charge is 0.338 e. The number of hydrogen-bond donors (Lipinski definition) is 2. The number of nitrogens with two attached hydrogens (primary N) is 1. The zero-order valence-corrected chi connectivity index (χ0v) is 13.3. The highest BCUT2D eigenvalue weighted by Gasteiger charge is 2.08. The molecule has 0 atom stereocenters. The Morgan fingerprint density at radius 1 is 1.00 bits per heavy atom. The second-order valence-corrected chi connectivity index (χ2v) is 5.83. The van der Waals surface area contributed by atoms with Crippen LogP contribution in [0.3, 0.4) is 0 Å². The van der Waals surface area contributed by atoms with Crippen molar-refractivity contribution in [2.24, 2.45) is 5.73 Å². The molecule has 0 radical (unpaired) electrons. The van der Waals surface area contributed by atoms with E-state index < -0.39 is 0 Å². The fraction of sp³-hybridized carbons (Fsp3) is 0.118. The maximum Gasteiger partial charge on any atom is 0.137 e. The van der Waals surface area contributed by atoms with Gasteiger partial charge in [0.05, 0.1) is 21.9 Å². The number of H-pyrrole nitrogens is 1. The second-order valence-electron chi connectivity index (χ2n) is 5.01. The molecule has 2 aromatic carbocycles. The standard InChI is InChI=1S/C17H15Cl2N3/c18-14-5-4-13(9-15(14)19)17-21-10-16(22-17)12-3-1-2-11(8-12)6-7-20/h1-5,8-10H,6-7,20H2,(H,21,22). The number of nitrogens with zero attached hydrogens (tertiary/aromatic N) is 1. The lowest BCUT2D eigenvalue weighted by molar-refractivity contribution is 0.969. The Bertz CT molecular complexity index is 796. The van der Waals surface area contributed by atoms with E-state index in [4.69, 9.17) is 28.9 Å². The van der Waals surface area contributed by atoms with Crippen molar-refractivity contribution in [2.45, 2.75) is 6.42 Å². The molecule has 3 nitrogen and oxygen atoms in total. The van der Waals surface area contributed by atoms with E-state index in [2.05, 4.69) is 22.1 Å². The van der Waals surface area contributed by atoms with Crippen molar-refractivity contribution < 1.29 is 0 Å². The number of hydrogen-bond acceptors (Lipinski definition) is 2. The zero-order valence-electron chi connectivity index (χ0n) is 11.8. The van der Waals surface area contributed by atoms with Crippen LogP contribution in [-0.4, -0.2) is 16.5 Å². The summed E-state index contributed by atoms with van der Waals surface area (Å²) >= 11 is 12.0. The maximum absolute atomic E-state index is 6.06. The number of imidazole rings is 1. The molecule has 112 valence electrons. The summed E-state index contributed by atoms with van der Waals surface area (Å²) in [5.41, 5.74) is 9.77. The Labute approximate surface area is 139 Å². The van der Waals surface area contributed by atoms with Gasteiger partial charge in [-0.05, 0) is 48.4 Å². The summed E-state index contributed by atoms with van der Waals surface area (Å²) in [5.74, 6) is 0.762. The van der Waals surface area contributed by atoms with Crippen LogP contribution < -0.4 is 5.73 Å². The number of rotatable bonds is 4. The molecule has 0 aliphatic rings. The second kappa shape index (κ2) is 6.53. The molecule has 0 unspecified atom stereocenters. The molecule has 0 amide bonds. The third-order valence-corrected chi connectivity index (χ3v) is 4.18. The first-order chi connectivity index (χ1) is 10.7. The van der Waals surface area contributed by atoms with Gasteiger partial charge in [0.25, 0.3) is 0 Å². The summed E-state index contributed by atoms with van der Waals surface area (Å²) in [5, 5.41) is 1.05. The van der Waals surface area contributed by atoms with Gasteiger partial charge in [-0.1, -0.05) is 41.4 Å². The van der Waals surface area contributed by atoms with Gasteiger partial charge in [0, 0.05) is 5.56 Å². The molecule has 1 aromatic heterocycles. The normalized spacial score (nSPS) is 10.9. The SMILES string of the molecule is NCCc1cccc(-c2cnc(-c3ccc(Cl)c(Cl)c3)[nH]2)c1. The molecule has 0 aliphatic carbocycles. The first-order valence-electron chi connectivity index (χ1n) is 6.97. The highest BCUT2D eigenvalue weighted by molar-refractivity contribution is 6.42. The van der Waals surface area contributed by atoms with Crippen molar-refractivity contribution in [3.8, 4) is 22.6 Å². The monoisotopic (exact) mass is 331 g/mol. The van der Waals surface area contributed by atoms with Gasteiger partial charge < -0.3 is 10.7 Å². The van der Waals surface area contributed by atoms with E-state index in [1.807, 2.05) is 24.4 Å². The summed E-state index contributed by atoms with van der Waals surface area (Å²) in [7, 11) is 0. The van der Waals surface area contributed by atoms with Gasteiger partial charge in [-0.25, -0.2) is 4.98 Å². The lowest BCUT2D eigenvalue weighted by Crippen LogP contribution is -2.02. The van der Waals surface area contributed by atoms with Gasteiger partial charge in [0.15, 0.2) is 0 Å². The Morgan fingerprint density at radius 3 is 2.64 bits per heavy atom. The Balaban J connectivity index is 1.93.